The number of nitrogens with one attached hydrogen (secondary N) is 2. The van der Waals surface area contributed by atoms with Crippen LogP contribution in [0.4, 0.5) is 0 Å². The minimum absolute atomic E-state index is 0.0526. The predicted molar refractivity (Wildman–Crippen MR) is 140 cm³/mol. The average molecular weight is 519 g/mol. The van der Waals surface area contributed by atoms with Gasteiger partial charge in [-0.1, -0.05) is 30.3 Å². The van der Waals surface area contributed by atoms with Crippen molar-refractivity contribution in [2.75, 3.05) is 32.8 Å². The Bertz CT molecular complexity index is 1250. The monoisotopic (exact) mass is 518 g/mol. The minimum atomic E-state index is -0.607. The van der Waals surface area contributed by atoms with Crippen LogP contribution in [-0.2, 0) is 45.1 Å². The fourth-order valence-corrected chi connectivity index (χ4v) is 5.44. The van der Waals surface area contributed by atoms with E-state index in [1.165, 1.54) is 11.1 Å². The van der Waals surface area contributed by atoms with E-state index in [4.69, 9.17) is 4.74 Å². The first-order chi connectivity index (χ1) is 18.4. The highest BCUT2D eigenvalue weighted by atomic mass is 16.5. The number of morpholine rings is 1. The van der Waals surface area contributed by atoms with Crippen LogP contribution in [0.15, 0.2) is 36.4 Å². The standard InChI is InChI=1S/C29H34N4O5/c1-19-14-20(2-4-23(19)18-32-10-12-38-13-11-32)16-27(35)30-17-21-3-5-24-22(15-21)8-9-33(29(24)37)25-6-7-26(34)31-28(25)36/h2-5,14-15,25H,6-13,16-18H2,1H3,(H,30,35)(H,31,34,36). The van der Waals surface area contributed by atoms with Crippen molar-refractivity contribution >= 4 is 23.6 Å². The number of nitrogens with zero attached hydrogens (tertiary/aromatic N) is 2. The van der Waals surface area contributed by atoms with Crippen LogP contribution in [0.2, 0.25) is 0 Å². The predicted octanol–water partition coefficient (Wildman–Crippen LogP) is 1.49. The van der Waals surface area contributed by atoms with E-state index in [1.54, 1.807) is 11.0 Å². The molecular weight excluding hydrogens is 484 g/mol. The second kappa shape index (κ2) is 11.4. The van der Waals surface area contributed by atoms with Gasteiger partial charge in [0.25, 0.3) is 5.91 Å². The molecule has 0 radical (unpaired) electrons. The number of fused-ring (bicyclic) bond motifs is 1. The van der Waals surface area contributed by atoms with E-state index in [9.17, 15) is 19.2 Å². The molecule has 0 bridgehead atoms. The third kappa shape index (κ3) is 5.95. The molecule has 1 atom stereocenters. The van der Waals surface area contributed by atoms with Crippen LogP contribution in [0.3, 0.4) is 0 Å². The summed E-state index contributed by atoms with van der Waals surface area (Å²) in [6.07, 6.45) is 1.52. The maximum Gasteiger partial charge on any atom is 0.254 e. The van der Waals surface area contributed by atoms with E-state index in [2.05, 4.69) is 34.6 Å². The smallest absolute Gasteiger partial charge is 0.254 e. The molecule has 5 rings (SSSR count). The Morgan fingerprint density at radius 3 is 2.58 bits per heavy atom. The van der Waals surface area contributed by atoms with E-state index in [0.717, 1.165) is 49.5 Å². The minimum Gasteiger partial charge on any atom is -0.379 e. The van der Waals surface area contributed by atoms with E-state index in [1.807, 2.05) is 18.2 Å². The van der Waals surface area contributed by atoms with Gasteiger partial charge in [0, 0.05) is 44.7 Å². The van der Waals surface area contributed by atoms with E-state index >= 15 is 0 Å². The van der Waals surface area contributed by atoms with Gasteiger partial charge in [-0.25, -0.2) is 0 Å². The zero-order chi connectivity index (χ0) is 26.6. The van der Waals surface area contributed by atoms with Crippen LogP contribution in [0.25, 0.3) is 0 Å². The molecule has 2 fully saturated rings. The fourth-order valence-electron chi connectivity index (χ4n) is 5.44. The van der Waals surface area contributed by atoms with Gasteiger partial charge in [0.2, 0.25) is 17.7 Å². The molecule has 200 valence electrons. The van der Waals surface area contributed by atoms with Crippen molar-refractivity contribution in [1.29, 1.82) is 0 Å². The molecule has 4 amide bonds. The Morgan fingerprint density at radius 1 is 1.03 bits per heavy atom. The second-order valence-electron chi connectivity index (χ2n) is 10.3. The van der Waals surface area contributed by atoms with Crippen molar-refractivity contribution < 1.29 is 23.9 Å². The molecule has 3 aliphatic rings. The van der Waals surface area contributed by atoms with Gasteiger partial charge < -0.3 is 15.0 Å². The third-order valence-corrected chi connectivity index (χ3v) is 7.63. The lowest BCUT2D eigenvalue weighted by molar-refractivity contribution is -0.137. The Hall–Kier alpha value is -3.56. The zero-order valence-electron chi connectivity index (χ0n) is 21.8. The number of rotatable bonds is 7. The van der Waals surface area contributed by atoms with Gasteiger partial charge in [0.1, 0.15) is 6.04 Å². The molecular formula is C29H34N4O5. The molecule has 1 unspecified atom stereocenters. The number of amides is 4. The number of aryl methyl sites for hydroxylation is 1. The summed E-state index contributed by atoms with van der Waals surface area (Å²) in [6.45, 7) is 7.23. The highest BCUT2D eigenvalue weighted by Crippen LogP contribution is 2.25. The number of benzene rings is 2. The molecule has 3 heterocycles. The molecule has 2 aromatic rings. The fraction of sp³-hybridized carbons (Fsp3) is 0.448. The van der Waals surface area contributed by atoms with Crippen LogP contribution in [0, 0.1) is 6.92 Å². The van der Waals surface area contributed by atoms with Crippen molar-refractivity contribution in [1.82, 2.24) is 20.4 Å². The second-order valence-corrected chi connectivity index (χ2v) is 10.3. The van der Waals surface area contributed by atoms with Crippen molar-refractivity contribution in [2.24, 2.45) is 0 Å². The number of ether oxygens (including phenoxy) is 1. The number of hydrogen-bond donors (Lipinski definition) is 2. The van der Waals surface area contributed by atoms with E-state index < -0.39 is 11.9 Å². The number of carbonyl (C=O) groups is 4. The molecule has 9 heteroatoms. The first kappa shape index (κ1) is 26.1. The summed E-state index contributed by atoms with van der Waals surface area (Å²) < 4.78 is 5.43. The molecule has 2 saturated heterocycles. The summed E-state index contributed by atoms with van der Waals surface area (Å²) in [5.74, 6) is -0.940. The van der Waals surface area contributed by atoms with Gasteiger partial charge in [0.05, 0.1) is 19.6 Å². The summed E-state index contributed by atoms with van der Waals surface area (Å²) in [4.78, 5) is 53.4. The Labute approximate surface area is 222 Å². The van der Waals surface area contributed by atoms with Gasteiger partial charge in [-0.05, 0) is 53.6 Å². The molecule has 38 heavy (non-hydrogen) atoms. The van der Waals surface area contributed by atoms with Crippen molar-refractivity contribution in [3.05, 3.63) is 69.8 Å². The van der Waals surface area contributed by atoms with Crippen LogP contribution >= 0.6 is 0 Å². The van der Waals surface area contributed by atoms with E-state index in [0.29, 0.717) is 37.9 Å². The third-order valence-electron chi connectivity index (χ3n) is 7.63. The first-order valence-electron chi connectivity index (χ1n) is 13.3. The van der Waals surface area contributed by atoms with E-state index in [-0.39, 0.29) is 24.1 Å². The molecule has 9 nitrogen and oxygen atoms in total. The highest BCUT2D eigenvalue weighted by molar-refractivity contribution is 6.04. The van der Waals surface area contributed by atoms with Crippen LogP contribution < -0.4 is 10.6 Å². The molecule has 2 N–H and O–H groups in total. The number of carbonyl (C=O) groups excluding carboxylic acids is 4. The van der Waals surface area contributed by atoms with Crippen molar-refractivity contribution in [2.45, 2.75) is 51.7 Å². The molecule has 0 aromatic heterocycles. The lowest BCUT2D eigenvalue weighted by atomic mass is 9.93. The van der Waals surface area contributed by atoms with Gasteiger partial charge in [-0.15, -0.1) is 0 Å². The quantitative estimate of drug-likeness (QED) is 0.538. The summed E-state index contributed by atoms with van der Waals surface area (Å²) >= 11 is 0. The van der Waals surface area contributed by atoms with Gasteiger partial charge in [-0.3, -0.25) is 29.4 Å². The van der Waals surface area contributed by atoms with Gasteiger partial charge in [0.15, 0.2) is 0 Å². The first-order valence-corrected chi connectivity index (χ1v) is 13.3. The largest absolute Gasteiger partial charge is 0.379 e. The summed E-state index contributed by atoms with van der Waals surface area (Å²) in [6, 6.07) is 11.2. The van der Waals surface area contributed by atoms with Gasteiger partial charge >= 0.3 is 0 Å². The van der Waals surface area contributed by atoms with Crippen LogP contribution in [-0.4, -0.2) is 72.3 Å². The Morgan fingerprint density at radius 2 is 1.82 bits per heavy atom. The molecule has 2 aromatic carbocycles. The number of imide groups is 1. The summed E-state index contributed by atoms with van der Waals surface area (Å²) in [5.41, 5.74) is 5.86. The zero-order valence-corrected chi connectivity index (χ0v) is 21.8. The normalized spacial score (nSPS) is 20.2. The maximum atomic E-state index is 13.1. The Balaban J connectivity index is 1.14. The van der Waals surface area contributed by atoms with Crippen molar-refractivity contribution in [3.8, 4) is 0 Å². The average Bonchev–Trinajstić information content (AvgIpc) is 2.90. The topological polar surface area (TPSA) is 108 Å². The Kier molecular flexibility index (Phi) is 7.85. The maximum absolute atomic E-state index is 13.1. The SMILES string of the molecule is Cc1cc(CC(=O)NCc2ccc3c(c2)CCN(C2CCC(=O)NC2=O)C3=O)ccc1CN1CCOCC1. The van der Waals surface area contributed by atoms with Gasteiger partial charge in [-0.2, -0.15) is 0 Å². The number of hydrogen-bond acceptors (Lipinski definition) is 6. The number of piperidine rings is 1. The summed E-state index contributed by atoms with van der Waals surface area (Å²) in [7, 11) is 0. The molecule has 0 spiro atoms. The lowest BCUT2D eigenvalue weighted by Gasteiger charge is -2.36. The summed E-state index contributed by atoms with van der Waals surface area (Å²) in [5, 5.41) is 5.32. The van der Waals surface area contributed by atoms with Crippen molar-refractivity contribution in [3.63, 3.8) is 0 Å². The van der Waals surface area contributed by atoms with Crippen LogP contribution in [0.1, 0.15) is 51.0 Å². The molecule has 3 aliphatic heterocycles. The lowest BCUT2D eigenvalue weighted by Crippen LogP contribution is -2.55. The molecule has 0 aliphatic carbocycles. The molecule has 0 saturated carbocycles. The van der Waals surface area contributed by atoms with Crippen LogP contribution in [0.5, 0.6) is 0 Å². The highest BCUT2D eigenvalue weighted by Gasteiger charge is 2.37.